The summed E-state index contributed by atoms with van der Waals surface area (Å²) >= 11 is 0. The van der Waals surface area contributed by atoms with Crippen LogP contribution in [0.2, 0.25) is 0 Å². The lowest BCUT2D eigenvalue weighted by Gasteiger charge is -2.30. The van der Waals surface area contributed by atoms with Crippen LogP contribution in [0, 0.1) is 0 Å². The number of rotatable bonds is 2. The summed E-state index contributed by atoms with van der Waals surface area (Å²) in [6, 6.07) is 7.10. The SMILES string of the molecule is [BH3-]P1(=O)OC[C@H]2O[C@@H](n3cnc4ccccc43)C(O)[C@H]2OP(=O)(O)OC[C@H]2O[C@@H](n3cnc4c(=O)[nH]c(N)nc43)[C@@H](O1)C2O.[H+]. The average molecular weight is 655 g/mol. The predicted octanol–water partition coefficient (Wildman–Crippen LogP) is -1.23. The number of aromatic nitrogens is 6. The van der Waals surface area contributed by atoms with Crippen molar-refractivity contribution in [2.75, 3.05) is 18.9 Å². The highest BCUT2D eigenvalue weighted by Gasteiger charge is 2.52. The van der Waals surface area contributed by atoms with Crippen molar-refractivity contribution in [1.29, 1.82) is 0 Å². The standard InChI is InChI=1S/C22H27BN7O12P2/c23-43(34)37-6-12-16(15(32)20(40-12)29-7-25-9-3-1-2-4-10(9)29)42-44(35,36)38-5-11-14(31)17(41-43)21(39-11)30-8-26-13-18(30)27-22(24)28-19(13)33/h1-4,7-8,11-12,14-17,20-21,31-32H,5-6H2,23H3,(H,35,36)(H3,24,27,28,33)/q-1/p+1/t11-,12-,14?,15?,16+,17+,20-,21-,43?/m1/s1. The Kier molecular flexibility index (Phi) is 7.30. The molecule has 0 spiro atoms. The van der Waals surface area contributed by atoms with Crippen LogP contribution in [0.15, 0.2) is 41.7 Å². The summed E-state index contributed by atoms with van der Waals surface area (Å²) in [5, 5.41) is 22.3. The highest BCUT2D eigenvalue weighted by molar-refractivity contribution is 7.79. The van der Waals surface area contributed by atoms with E-state index in [9.17, 15) is 29.0 Å². The summed E-state index contributed by atoms with van der Waals surface area (Å²) < 4.78 is 63.8. The Bertz CT molecular complexity index is 1890. The molecule has 19 nitrogen and oxygen atoms in total. The first-order chi connectivity index (χ1) is 20.9. The number of para-hydroxylation sites is 2. The second-order valence-corrected chi connectivity index (χ2v) is 12.3. The number of hydrogen-bond acceptors (Lipinski definition) is 15. The molecule has 4 aromatic rings. The number of aliphatic hydroxyl groups is 2. The van der Waals surface area contributed by atoms with Crippen molar-refractivity contribution >= 4 is 51.0 Å². The van der Waals surface area contributed by atoms with Gasteiger partial charge in [-0.3, -0.25) is 23.4 Å². The normalized spacial score (nSPS) is 38.3. The molecule has 3 saturated heterocycles. The van der Waals surface area contributed by atoms with Crippen LogP contribution >= 0.6 is 15.3 Å². The van der Waals surface area contributed by atoms with E-state index >= 15 is 0 Å². The van der Waals surface area contributed by atoms with E-state index in [-0.39, 0.29) is 18.5 Å². The Hall–Kier alpha value is -3.00. The number of phosphoric ester groups is 1. The first-order valence-electron chi connectivity index (χ1n) is 12.8. The van der Waals surface area contributed by atoms with Gasteiger partial charge in [-0.15, -0.1) is 0 Å². The fourth-order valence-electron chi connectivity index (χ4n) is 5.33. The molecule has 3 fully saturated rings. The zero-order valence-corrected chi connectivity index (χ0v) is 23.5. The second-order valence-electron chi connectivity index (χ2n) is 9.95. The van der Waals surface area contributed by atoms with Gasteiger partial charge in [-0.05, 0) is 12.1 Å². The van der Waals surface area contributed by atoms with Crippen LogP contribution in [0.4, 0.5) is 5.95 Å². The molecule has 2 bridgehead atoms. The number of ether oxygens (including phenoxy) is 2. The maximum absolute atomic E-state index is 13.7. The number of anilines is 1. The number of fused-ring (bicyclic) bond motifs is 5. The van der Waals surface area contributed by atoms with Gasteiger partial charge in [0.25, 0.3) is 5.56 Å². The van der Waals surface area contributed by atoms with Crippen molar-refractivity contribution in [2.45, 2.75) is 49.1 Å². The van der Waals surface area contributed by atoms with Crippen LogP contribution in [0.1, 0.15) is 13.9 Å². The lowest BCUT2D eigenvalue weighted by atomic mass is 10.1. The number of benzene rings is 1. The van der Waals surface area contributed by atoms with Crippen LogP contribution in [0.25, 0.3) is 22.2 Å². The number of nitrogen functional groups attached to an aromatic ring is 1. The first-order valence-corrected chi connectivity index (χ1v) is 15.4. The van der Waals surface area contributed by atoms with Crippen molar-refractivity contribution in [2.24, 2.45) is 0 Å². The molecule has 3 aromatic heterocycles. The number of aliphatic hydroxyl groups excluding tert-OH is 2. The topological polar surface area (TPSA) is 258 Å². The lowest BCUT2D eigenvalue weighted by molar-refractivity contribution is -0.0620. The van der Waals surface area contributed by atoms with Gasteiger partial charge in [-0.1, -0.05) is 12.1 Å². The smallest absolute Gasteiger partial charge is 0.387 e. The molecule has 0 amide bonds. The summed E-state index contributed by atoms with van der Waals surface area (Å²) in [7, 11) is -9.99. The summed E-state index contributed by atoms with van der Waals surface area (Å²) in [4.78, 5) is 37.7. The summed E-state index contributed by atoms with van der Waals surface area (Å²) in [5.41, 5.74) is 6.23. The van der Waals surface area contributed by atoms with Crippen molar-refractivity contribution in [3.63, 3.8) is 0 Å². The van der Waals surface area contributed by atoms with Gasteiger partial charge < -0.3 is 48.5 Å². The Morgan fingerprint density at radius 1 is 0.977 bits per heavy atom. The molecule has 0 aliphatic carbocycles. The summed E-state index contributed by atoms with van der Waals surface area (Å²) in [5.74, 6) is -0.209. The van der Waals surface area contributed by atoms with Gasteiger partial charge in [0.05, 0.1) is 44.5 Å². The Labute approximate surface area is 248 Å². The fraction of sp³-hybridized carbons (Fsp3) is 0.455. The molecular weight excluding hydrogens is 627 g/mol. The van der Waals surface area contributed by atoms with E-state index in [1.807, 2.05) is 0 Å². The molecule has 6 N–H and O–H groups in total. The highest BCUT2D eigenvalue weighted by Crippen LogP contribution is 2.53. The van der Waals surface area contributed by atoms with E-state index in [1.165, 1.54) is 17.2 Å². The molecule has 1 aromatic carbocycles. The number of imidazole rings is 2. The molecule has 4 unspecified atom stereocenters. The monoisotopic (exact) mass is 655 g/mol. The molecule has 6 heterocycles. The van der Waals surface area contributed by atoms with Gasteiger partial charge in [0, 0.05) is 0 Å². The maximum atomic E-state index is 13.7. The van der Waals surface area contributed by atoms with Gasteiger partial charge in [-0.25, -0.2) is 14.5 Å². The van der Waals surface area contributed by atoms with E-state index in [4.69, 9.17) is 33.3 Å². The predicted molar refractivity (Wildman–Crippen MR) is 152 cm³/mol. The van der Waals surface area contributed by atoms with Crippen molar-refractivity contribution in [1.82, 2.24) is 29.1 Å². The minimum atomic E-state index is -4.93. The van der Waals surface area contributed by atoms with E-state index in [1.54, 1.807) is 28.8 Å². The maximum Gasteiger partial charge on any atom is 1.00 e. The molecule has 7 rings (SSSR count). The third kappa shape index (κ3) is 5.21. The third-order valence-electron chi connectivity index (χ3n) is 7.31. The number of H-pyrrole nitrogens is 1. The number of nitrogens with zero attached hydrogens (tertiary/aromatic N) is 5. The summed E-state index contributed by atoms with van der Waals surface area (Å²) in [6.07, 6.45) is -8.11. The zero-order chi connectivity index (χ0) is 31.0. The first kappa shape index (κ1) is 29.7. The van der Waals surface area contributed by atoms with Crippen molar-refractivity contribution in [3.8, 4) is 0 Å². The lowest BCUT2D eigenvalue weighted by Crippen LogP contribution is -2.36. The number of nitrogens with two attached hydrogens (primary N) is 1. The Balaban J connectivity index is 0.00000357. The Morgan fingerprint density at radius 3 is 2.52 bits per heavy atom. The molecule has 0 radical (unpaired) electrons. The quantitative estimate of drug-likeness (QED) is 0.125. The van der Waals surface area contributed by atoms with Crippen LogP contribution in [-0.4, -0.2) is 102 Å². The van der Waals surface area contributed by atoms with Crippen molar-refractivity contribution < 1.29 is 53.2 Å². The van der Waals surface area contributed by atoms with Gasteiger partial charge in [0.2, 0.25) is 5.95 Å². The van der Waals surface area contributed by atoms with Gasteiger partial charge >= 0.3 is 9.25 Å². The highest BCUT2D eigenvalue weighted by atomic mass is 31.2. The van der Waals surface area contributed by atoms with Crippen LogP contribution in [0.5, 0.6) is 0 Å². The minimum Gasteiger partial charge on any atom is -0.387 e. The number of phosphoric acid groups is 1. The van der Waals surface area contributed by atoms with Gasteiger partial charge in [0.15, 0.2) is 23.6 Å². The number of nitrogens with one attached hydrogen (secondary N) is 1. The molecule has 44 heavy (non-hydrogen) atoms. The van der Waals surface area contributed by atoms with E-state index in [0.29, 0.717) is 11.0 Å². The second kappa shape index (κ2) is 10.8. The van der Waals surface area contributed by atoms with Crippen LogP contribution in [0.3, 0.4) is 0 Å². The molecule has 3 aliphatic rings. The molecule has 3 aliphatic heterocycles. The molecule has 0 saturated carbocycles. The Morgan fingerprint density at radius 2 is 1.70 bits per heavy atom. The van der Waals surface area contributed by atoms with E-state index < -0.39 is 90.7 Å². The van der Waals surface area contributed by atoms with Crippen molar-refractivity contribution in [3.05, 3.63) is 47.3 Å². The number of aromatic amines is 1. The third-order valence-corrected chi connectivity index (χ3v) is 9.07. The van der Waals surface area contributed by atoms with E-state index in [2.05, 4.69) is 19.9 Å². The number of hydrogen-bond donors (Lipinski definition) is 5. The van der Waals surface area contributed by atoms with Gasteiger partial charge in [0.1, 0.15) is 44.1 Å². The fourth-order valence-corrected chi connectivity index (χ4v) is 7.05. The largest absolute Gasteiger partial charge is 1.00 e. The zero-order valence-electron chi connectivity index (χ0n) is 22.7. The van der Waals surface area contributed by atoms with Crippen LogP contribution in [-0.2, 0) is 36.7 Å². The average Bonchev–Trinajstić information content (AvgIpc) is 3.72. The molecule has 10 atom stereocenters. The van der Waals surface area contributed by atoms with Gasteiger partial charge in [-0.2, -0.15) is 4.98 Å². The summed E-state index contributed by atoms with van der Waals surface area (Å²) in [6.45, 7) is -1.15. The molecule has 22 heteroatoms. The molecule has 236 valence electrons. The van der Waals surface area contributed by atoms with E-state index in [0.717, 1.165) is 0 Å². The minimum absolute atomic E-state index is 0. The molecular formula is C22H28BN7O12P2. The van der Waals surface area contributed by atoms with Crippen LogP contribution < -0.4 is 11.3 Å².